The molecule has 1 aromatic carbocycles. The minimum absolute atomic E-state index is 0.529. The van der Waals surface area contributed by atoms with E-state index in [4.69, 9.17) is 11.6 Å². The van der Waals surface area contributed by atoms with Crippen molar-refractivity contribution < 1.29 is 0 Å². The maximum absolute atomic E-state index is 6.21. The predicted octanol–water partition coefficient (Wildman–Crippen LogP) is 4.01. The van der Waals surface area contributed by atoms with Crippen LogP contribution >= 0.6 is 11.6 Å². The van der Waals surface area contributed by atoms with Crippen LogP contribution in [0.2, 0.25) is 5.02 Å². The summed E-state index contributed by atoms with van der Waals surface area (Å²) in [5.41, 5.74) is 2.15. The van der Waals surface area contributed by atoms with Crippen molar-refractivity contribution in [1.29, 1.82) is 0 Å². The summed E-state index contributed by atoms with van der Waals surface area (Å²) in [4.78, 5) is 2.02. The van der Waals surface area contributed by atoms with Crippen molar-refractivity contribution in [2.24, 2.45) is 0 Å². The molecule has 0 atom stereocenters. The molecule has 3 heteroatoms. The molecule has 0 spiro atoms. The lowest BCUT2D eigenvalue weighted by atomic mass is 10.1. The Kier molecular flexibility index (Phi) is 4.94. The molecule has 0 bridgehead atoms. The van der Waals surface area contributed by atoms with E-state index < -0.39 is 0 Å². The third-order valence-corrected chi connectivity index (χ3v) is 3.09. The topological polar surface area (TPSA) is 15.3 Å². The average Bonchev–Trinajstić information content (AvgIpc) is 2.25. The van der Waals surface area contributed by atoms with Gasteiger partial charge in [-0.2, -0.15) is 0 Å². The zero-order chi connectivity index (χ0) is 12.1. The lowest BCUT2D eigenvalue weighted by molar-refractivity contribution is 0.672. The Morgan fingerprint density at radius 1 is 1.25 bits per heavy atom. The molecular weight excluding hydrogens is 220 g/mol. The Morgan fingerprint density at radius 3 is 2.31 bits per heavy atom. The van der Waals surface area contributed by atoms with Crippen molar-refractivity contribution in [2.45, 2.75) is 32.7 Å². The van der Waals surface area contributed by atoms with Crippen molar-refractivity contribution >= 4 is 23.0 Å². The van der Waals surface area contributed by atoms with Crippen LogP contribution in [0.25, 0.3) is 0 Å². The molecule has 16 heavy (non-hydrogen) atoms. The third kappa shape index (κ3) is 3.31. The summed E-state index contributed by atoms with van der Waals surface area (Å²) in [6, 6.07) is 6.66. The summed E-state index contributed by atoms with van der Waals surface area (Å²) in [5, 5.41) is 4.27. The fourth-order valence-electron chi connectivity index (χ4n) is 1.69. The van der Waals surface area contributed by atoms with Gasteiger partial charge in [0.1, 0.15) is 0 Å². The second-order valence-corrected chi connectivity index (χ2v) is 4.63. The Hall–Kier alpha value is -0.890. The second-order valence-electron chi connectivity index (χ2n) is 4.22. The average molecular weight is 241 g/mol. The van der Waals surface area contributed by atoms with Gasteiger partial charge < -0.3 is 10.2 Å². The van der Waals surface area contributed by atoms with E-state index in [9.17, 15) is 0 Å². The van der Waals surface area contributed by atoms with Crippen LogP contribution in [0.1, 0.15) is 26.7 Å². The van der Waals surface area contributed by atoms with Crippen LogP contribution in [0.5, 0.6) is 0 Å². The first-order chi connectivity index (χ1) is 7.58. The number of hydrogen-bond donors (Lipinski definition) is 1. The highest BCUT2D eigenvalue weighted by Gasteiger charge is 2.06. The second kappa shape index (κ2) is 6.00. The maximum Gasteiger partial charge on any atom is 0.0659 e. The Balaban J connectivity index is 2.80. The van der Waals surface area contributed by atoms with Crippen LogP contribution in [0.3, 0.4) is 0 Å². The molecule has 0 heterocycles. The molecule has 1 N–H and O–H groups in total. The minimum Gasteiger partial charge on any atom is -0.382 e. The van der Waals surface area contributed by atoms with Crippen molar-refractivity contribution in [3.05, 3.63) is 23.2 Å². The van der Waals surface area contributed by atoms with Gasteiger partial charge in [-0.25, -0.2) is 0 Å². The van der Waals surface area contributed by atoms with E-state index in [1.807, 2.05) is 31.1 Å². The van der Waals surface area contributed by atoms with Crippen molar-refractivity contribution in [2.75, 3.05) is 24.3 Å². The molecule has 0 unspecified atom stereocenters. The van der Waals surface area contributed by atoms with E-state index >= 15 is 0 Å². The van der Waals surface area contributed by atoms with Crippen LogP contribution in [0.15, 0.2) is 18.2 Å². The molecule has 0 radical (unpaired) electrons. The molecule has 0 aliphatic heterocycles. The van der Waals surface area contributed by atoms with Crippen LogP contribution < -0.4 is 10.2 Å². The number of rotatable bonds is 5. The third-order valence-electron chi connectivity index (χ3n) is 2.79. The summed E-state index contributed by atoms with van der Waals surface area (Å²) >= 11 is 6.21. The molecule has 0 amide bonds. The molecule has 1 rings (SSSR count). The molecule has 1 aromatic rings. The van der Waals surface area contributed by atoms with Gasteiger partial charge in [0.2, 0.25) is 0 Å². The lowest BCUT2D eigenvalue weighted by Crippen LogP contribution is -2.17. The van der Waals surface area contributed by atoms with Crippen molar-refractivity contribution in [3.8, 4) is 0 Å². The first-order valence-electron chi connectivity index (χ1n) is 5.81. The van der Waals surface area contributed by atoms with E-state index in [-0.39, 0.29) is 0 Å². The van der Waals surface area contributed by atoms with Gasteiger partial charge in [-0.1, -0.05) is 25.4 Å². The molecule has 0 aromatic heterocycles. The van der Waals surface area contributed by atoms with Gasteiger partial charge >= 0.3 is 0 Å². The maximum atomic E-state index is 6.21. The van der Waals surface area contributed by atoms with Gasteiger partial charge in [-0.3, -0.25) is 0 Å². The molecule has 90 valence electrons. The summed E-state index contributed by atoms with van der Waals surface area (Å²) in [6.07, 6.45) is 2.26. The quantitative estimate of drug-likeness (QED) is 0.837. The standard InChI is InChI=1S/C13H21ClN2/c1-5-10(6-2)15-11-7-8-13(16(3)4)12(14)9-11/h7-10,15H,5-6H2,1-4H3. The fourth-order valence-corrected chi connectivity index (χ4v) is 2.04. The van der Waals surface area contributed by atoms with Gasteiger partial charge in [0.25, 0.3) is 0 Å². The first kappa shape index (κ1) is 13.2. The Bertz CT molecular complexity index is 333. The SMILES string of the molecule is CCC(CC)Nc1ccc(N(C)C)c(Cl)c1. The zero-order valence-corrected chi connectivity index (χ0v) is 11.3. The number of anilines is 2. The smallest absolute Gasteiger partial charge is 0.0659 e. The molecule has 0 saturated heterocycles. The molecular formula is C13H21ClN2. The highest BCUT2D eigenvalue weighted by atomic mass is 35.5. The lowest BCUT2D eigenvalue weighted by Gasteiger charge is -2.19. The van der Waals surface area contributed by atoms with Gasteiger partial charge in [-0.05, 0) is 31.0 Å². The van der Waals surface area contributed by atoms with Gasteiger partial charge in [0.05, 0.1) is 10.7 Å². The van der Waals surface area contributed by atoms with E-state index in [0.717, 1.165) is 29.2 Å². The van der Waals surface area contributed by atoms with Gasteiger partial charge in [0, 0.05) is 25.8 Å². The highest BCUT2D eigenvalue weighted by Crippen LogP contribution is 2.27. The fraction of sp³-hybridized carbons (Fsp3) is 0.538. The van der Waals surface area contributed by atoms with E-state index in [0.29, 0.717) is 6.04 Å². The summed E-state index contributed by atoms with van der Waals surface area (Å²) < 4.78 is 0. The first-order valence-corrected chi connectivity index (χ1v) is 6.19. The number of nitrogens with zero attached hydrogens (tertiary/aromatic N) is 1. The molecule has 0 aliphatic rings. The molecule has 0 aliphatic carbocycles. The van der Waals surface area contributed by atoms with Crippen LogP contribution in [0, 0.1) is 0 Å². The largest absolute Gasteiger partial charge is 0.382 e. The van der Waals surface area contributed by atoms with Crippen LogP contribution in [-0.4, -0.2) is 20.1 Å². The zero-order valence-electron chi connectivity index (χ0n) is 10.5. The summed E-state index contributed by atoms with van der Waals surface area (Å²) in [7, 11) is 3.99. The number of benzene rings is 1. The summed E-state index contributed by atoms with van der Waals surface area (Å²) in [5.74, 6) is 0. The van der Waals surface area contributed by atoms with Gasteiger partial charge in [0.15, 0.2) is 0 Å². The van der Waals surface area contributed by atoms with Gasteiger partial charge in [-0.15, -0.1) is 0 Å². The Labute approximate surface area is 104 Å². The van der Waals surface area contributed by atoms with Crippen molar-refractivity contribution in [1.82, 2.24) is 0 Å². The van der Waals surface area contributed by atoms with E-state index in [2.05, 4.69) is 25.2 Å². The number of halogens is 1. The normalized spacial score (nSPS) is 10.6. The Morgan fingerprint density at radius 2 is 1.88 bits per heavy atom. The van der Waals surface area contributed by atoms with Crippen LogP contribution in [0.4, 0.5) is 11.4 Å². The monoisotopic (exact) mass is 240 g/mol. The number of nitrogens with one attached hydrogen (secondary N) is 1. The molecule has 2 nitrogen and oxygen atoms in total. The van der Waals surface area contributed by atoms with Crippen molar-refractivity contribution in [3.63, 3.8) is 0 Å². The highest BCUT2D eigenvalue weighted by molar-refractivity contribution is 6.33. The minimum atomic E-state index is 0.529. The van der Waals surface area contributed by atoms with E-state index in [1.54, 1.807) is 0 Å². The predicted molar refractivity (Wildman–Crippen MR) is 73.8 cm³/mol. The van der Waals surface area contributed by atoms with E-state index in [1.165, 1.54) is 0 Å². The summed E-state index contributed by atoms with van der Waals surface area (Å²) in [6.45, 7) is 4.38. The molecule has 0 saturated carbocycles. The van der Waals surface area contributed by atoms with Crippen LogP contribution in [-0.2, 0) is 0 Å². The molecule has 0 fully saturated rings. The number of hydrogen-bond acceptors (Lipinski definition) is 2.